The molecular weight excluding hydrogens is 200 g/mol. The first-order valence-corrected chi connectivity index (χ1v) is 5.84. The van der Waals surface area contributed by atoms with E-state index in [0.717, 1.165) is 18.5 Å². The molecule has 1 aromatic carbocycles. The van der Waals surface area contributed by atoms with Crippen molar-refractivity contribution >= 4 is 6.29 Å². The van der Waals surface area contributed by atoms with Gasteiger partial charge in [-0.3, -0.25) is 4.79 Å². The number of hydrogen-bond acceptors (Lipinski definition) is 2. The maximum Gasteiger partial charge on any atom is 0.150 e. The molecule has 0 bridgehead atoms. The van der Waals surface area contributed by atoms with Crippen molar-refractivity contribution in [2.75, 3.05) is 6.61 Å². The Bertz CT molecular complexity index is 361. The van der Waals surface area contributed by atoms with Crippen LogP contribution < -0.4 is 0 Å². The number of carbonyl (C=O) groups excluding carboxylic acids is 1. The Balaban J connectivity index is 2.07. The highest BCUT2D eigenvalue weighted by atomic mass is 16.5. The Morgan fingerprint density at radius 2 is 1.94 bits per heavy atom. The van der Waals surface area contributed by atoms with Gasteiger partial charge in [0.2, 0.25) is 0 Å². The lowest BCUT2D eigenvalue weighted by Gasteiger charge is -2.17. The Labute approximate surface area is 96.6 Å². The summed E-state index contributed by atoms with van der Waals surface area (Å²) in [6.45, 7) is 4.92. The molecule has 2 nitrogen and oxygen atoms in total. The molecule has 0 saturated heterocycles. The van der Waals surface area contributed by atoms with Crippen molar-refractivity contribution in [2.45, 2.75) is 38.2 Å². The molecule has 0 aliphatic heterocycles. The summed E-state index contributed by atoms with van der Waals surface area (Å²) < 4.78 is 5.71. The summed E-state index contributed by atoms with van der Waals surface area (Å²) in [7, 11) is 0. The molecule has 0 spiro atoms. The first kappa shape index (κ1) is 11.3. The average molecular weight is 218 g/mol. The van der Waals surface area contributed by atoms with Crippen LogP contribution in [0.5, 0.6) is 0 Å². The minimum absolute atomic E-state index is 0.228. The Hall–Kier alpha value is -1.15. The quantitative estimate of drug-likeness (QED) is 0.710. The number of benzene rings is 1. The van der Waals surface area contributed by atoms with E-state index in [2.05, 4.69) is 26.0 Å². The largest absolute Gasteiger partial charge is 0.378 e. The van der Waals surface area contributed by atoms with Gasteiger partial charge in [0.05, 0.1) is 12.7 Å². The molecule has 0 N–H and O–H groups in total. The molecule has 2 rings (SSSR count). The van der Waals surface area contributed by atoms with E-state index in [4.69, 9.17) is 4.74 Å². The zero-order valence-electron chi connectivity index (χ0n) is 9.90. The zero-order valence-corrected chi connectivity index (χ0v) is 9.90. The van der Waals surface area contributed by atoms with E-state index in [1.165, 1.54) is 18.4 Å². The van der Waals surface area contributed by atoms with Crippen molar-refractivity contribution in [3.8, 4) is 0 Å². The SMILES string of the molecule is CC(C)OCC1(c2ccc(C=O)cc2)CC1. The number of rotatable bonds is 5. The highest BCUT2D eigenvalue weighted by Crippen LogP contribution is 2.48. The van der Waals surface area contributed by atoms with Crippen molar-refractivity contribution in [1.82, 2.24) is 0 Å². The van der Waals surface area contributed by atoms with Crippen LogP contribution in [-0.4, -0.2) is 19.0 Å². The van der Waals surface area contributed by atoms with E-state index < -0.39 is 0 Å². The Morgan fingerprint density at radius 1 is 1.31 bits per heavy atom. The lowest BCUT2D eigenvalue weighted by Crippen LogP contribution is -2.18. The summed E-state index contributed by atoms with van der Waals surface area (Å²) in [6.07, 6.45) is 3.56. The van der Waals surface area contributed by atoms with Crippen LogP contribution in [0, 0.1) is 0 Å². The van der Waals surface area contributed by atoms with Crippen LogP contribution in [0.25, 0.3) is 0 Å². The normalized spacial score (nSPS) is 17.4. The second-order valence-corrected chi connectivity index (χ2v) is 4.88. The summed E-state index contributed by atoms with van der Waals surface area (Å²) in [5.41, 5.74) is 2.27. The van der Waals surface area contributed by atoms with E-state index >= 15 is 0 Å². The monoisotopic (exact) mass is 218 g/mol. The molecule has 1 fully saturated rings. The van der Waals surface area contributed by atoms with Crippen LogP contribution in [0.4, 0.5) is 0 Å². The maximum absolute atomic E-state index is 10.6. The first-order chi connectivity index (χ1) is 7.66. The van der Waals surface area contributed by atoms with Crippen LogP contribution in [0.3, 0.4) is 0 Å². The third kappa shape index (κ3) is 2.33. The fraction of sp³-hybridized carbons (Fsp3) is 0.500. The molecule has 1 aromatic rings. The van der Waals surface area contributed by atoms with Crippen molar-refractivity contribution in [3.05, 3.63) is 35.4 Å². The smallest absolute Gasteiger partial charge is 0.150 e. The van der Waals surface area contributed by atoms with Crippen molar-refractivity contribution in [1.29, 1.82) is 0 Å². The van der Waals surface area contributed by atoms with Crippen LogP contribution in [0.2, 0.25) is 0 Å². The lowest BCUT2D eigenvalue weighted by atomic mass is 9.96. The van der Waals surface area contributed by atoms with Gasteiger partial charge in [0.15, 0.2) is 0 Å². The average Bonchev–Trinajstić information content (AvgIpc) is 3.08. The van der Waals surface area contributed by atoms with Crippen LogP contribution in [-0.2, 0) is 10.2 Å². The van der Waals surface area contributed by atoms with Gasteiger partial charge in [-0.05, 0) is 32.3 Å². The predicted molar refractivity (Wildman–Crippen MR) is 63.8 cm³/mol. The van der Waals surface area contributed by atoms with Crippen LogP contribution in [0.15, 0.2) is 24.3 Å². The second kappa shape index (κ2) is 4.38. The molecule has 1 aliphatic carbocycles. The van der Waals surface area contributed by atoms with E-state index in [-0.39, 0.29) is 11.5 Å². The predicted octanol–water partition coefficient (Wildman–Crippen LogP) is 2.96. The standard InChI is InChI=1S/C14H18O2/c1-11(2)16-10-14(7-8-14)13-5-3-12(9-15)4-6-13/h3-6,9,11H,7-8,10H2,1-2H3. The topological polar surface area (TPSA) is 26.3 Å². The highest BCUT2D eigenvalue weighted by Gasteiger charge is 2.44. The number of ether oxygens (including phenoxy) is 1. The Kier molecular flexibility index (Phi) is 3.10. The van der Waals surface area contributed by atoms with Gasteiger partial charge in [0.1, 0.15) is 6.29 Å². The molecule has 0 aromatic heterocycles. The van der Waals surface area contributed by atoms with Gasteiger partial charge in [-0.2, -0.15) is 0 Å². The van der Waals surface area contributed by atoms with Gasteiger partial charge in [-0.1, -0.05) is 24.3 Å². The minimum Gasteiger partial charge on any atom is -0.378 e. The molecule has 0 atom stereocenters. The van der Waals surface area contributed by atoms with Crippen LogP contribution in [0.1, 0.15) is 42.6 Å². The molecule has 1 saturated carbocycles. The zero-order chi connectivity index (χ0) is 11.6. The molecule has 86 valence electrons. The van der Waals surface area contributed by atoms with Gasteiger partial charge in [-0.25, -0.2) is 0 Å². The molecule has 2 heteroatoms. The highest BCUT2D eigenvalue weighted by molar-refractivity contribution is 5.74. The molecule has 0 heterocycles. The molecule has 0 radical (unpaired) electrons. The second-order valence-electron chi connectivity index (χ2n) is 4.88. The maximum atomic E-state index is 10.6. The van der Waals surface area contributed by atoms with Gasteiger partial charge in [0, 0.05) is 11.0 Å². The third-order valence-electron chi connectivity index (χ3n) is 3.21. The summed E-state index contributed by atoms with van der Waals surface area (Å²) in [6, 6.07) is 7.89. The van der Waals surface area contributed by atoms with E-state index in [1.54, 1.807) is 0 Å². The van der Waals surface area contributed by atoms with Gasteiger partial charge < -0.3 is 4.74 Å². The van der Waals surface area contributed by atoms with Gasteiger partial charge >= 0.3 is 0 Å². The minimum atomic E-state index is 0.228. The van der Waals surface area contributed by atoms with Crippen molar-refractivity contribution in [2.24, 2.45) is 0 Å². The first-order valence-electron chi connectivity index (χ1n) is 5.84. The van der Waals surface area contributed by atoms with Crippen molar-refractivity contribution in [3.63, 3.8) is 0 Å². The summed E-state index contributed by atoms with van der Waals surface area (Å²) in [5, 5.41) is 0. The third-order valence-corrected chi connectivity index (χ3v) is 3.21. The number of aldehydes is 1. The van der Waals surface area contributed by atoms with Crippen LogP contribution >= 0.6 is 0 Å². The lowest BCUT2D eigenvalue weighted by molar-refractivity contribution is 0.0619. The van der Waals surface area contributed by atoms with Gasteiger partial charge in [0.25, 0.3) is 0 Å². The molecule has 16 heavy (non-hydrogen) atoms. The van der Waals surface area contributed by atoms with E-state index in [0.29, 0.717) is 0 Å². The van der Waals surface area contributed by atoms with Gasteiger partial charge in [-0.15, -0.1) is 0 Å². The summed E-state index contributed by atoms with van der Waals surface area (Å²) in [4.78, 5) is 10.6. The number of hydrogen-bond donors (Lipinski definition) is 0. The summed E-state index contributed by atoms with van der Waals surface area (Å²) in [5.74, 6) is 0. The Morgan fingerprint density at radius 3 is 2.38 bits per heavy atom. The summed E-state index contributed by atoms with van der Waals surface area (Å²) >= 11 is 0. The molecule has 0 amide bonds. The molecular formula is C14H18O2. The number of carbonyl (C=O) groups is 1. The molecule has 1 aliphatic rings. The fourth-order valence-corrected chi connectivity index (χ4v) is 1.91. The van der Waals surface area contributed by atoms with Crippen molar-refractivity contribution < 1.29 is 9.53 Å². The van der Waals surface area contributed by atoms with E-state index in [9.17, 15) is 4.79 Å². The fourth-order valence-electron chi connectivity index (χ4n) is 1.91. The van der Waals surface area contributed by atoms with E-state index in [1.807, 2.05) is 12.1 Å². The molecule has 0 unspecified atom stereocenters.